The van der Waals surface area contributed by atoms with Crippen LogP contribution in [-0.4, -0.2) is 33.4 Å². The van der Waals surface area contributed by atoms with E-state index in [0.717, 1.165) is 35.2 Å². The molecule has 29 heavy (non-hydrogen) atoms. The van der Waals surface area contributed by atoms with Crippen molar-refractivity contribution < 1.29 is 22.7 Å². The highest BCUT2D eigenvalue weighted by atomic mass is 32.2. The van der Waals surface area contributed by atoms with Crippen molar-refractivity contribution in [2.45, 2.75) is 38.5 Å². The second kappa shape index (κ2) is 10.2. The summed E-state index contributed by atoms with van der Waals surface area (Å²) >= 11 is 0. The van der Waals surface area contributed by atoms with Gasteiger partial charge in [0, 0.05) is 5.69 Å². The maximum absolute atomic E-state index is 12.2. The fourth-order valence-corrected chi connectivity index (χ4v) is 3.70. The summed E-state index contributed by atoms with van der Waals surface area (Å²) in [5.74, 6) is -1.31. The van der Waals surface area contributed by atoms with Crippen LogP contribution >= 0.6 is 0 Å². The minimum Gasteiger partial charge on any atom is -0.455 e. The lowest BCUT2D eigenvalue weighted by Crippen LogP contribution is -2.32. The minimum atomic E-state index is -3.83. The van der Waals surface area contributed by atoms with Crippen molar-refractivity contribution in [1.29, 1.82) is 0 Å². The van der Waals surface area contributed by atoms with E-state index in [1.807, 2.05) is 39.0 Å². The summed E-state index contributed by atoms with van der Waals surface area (Å²) in [5.41, 5.74) is 3.65. The Morgan fingerprint density at radius 2 is 1.55 bits per heavy atom. The van der Waals surface area contributed by atoms with Gasteiger partial charge in [-0.15, -0.1) is 0 Å². The highest BCUT2D eigenvalue weighted by molar-refractivity contribution is 7.89. The maximum Gasteiger partial charge on any atom is 0.321 e. The Labute approximate surface area is 171 Å². The van der Waals surface area contributed by atoms with Gasteiger partial charge in [0.2, 0.25) is 10.0 Å². The molecule has 0 heterocycles. The number of carbonyl (C=O) groups excluding carboxylic acids is 2. The van der Waals surface area contributed by atoms with Gasteiger partial charge in [-0.3, -0.25) is 9.59 Å². The summed E-state index contributed by atoms with van der Waals surface area (Å²) in [6, 6.07) is 12.0. The van der Waals surface area contributed by atoms with Gasteiger partial charge in [-0.2, -0.15) is 4.72 Å². The van der Waals surface area contributed by atoms with Crippen molar-refractivity contribution in [1.82, 2.24) is 4.72 Å². The number of benzene rings is 2. The third kappa shape index (κ3) is 6.40. The predicted molar refractivity (Wildman–Crippen MR) is 111 cm³/mol. The standard InChI is InChI=1S/C21H26N2O5S/c1-4-16-7-6-8-17(5-2)21(16)23-19(24)14-28-20(25)13-22-29(26,27)18-11-9-15(3)10-12-18/h6-12,22H,4-5,13-14H2,1-3H3,(H,23,24). The monoisotopic (exact) mass is 418 g/mol. The van der Waals surface area contributed by atoms with Gasteiger partial charge in [-0.1, -0.05) is 49.7 Å². The molecule has 0 fully saturated rings. The van der Waals surface area contributed by atoms with Crippen LogP contribution < -0.4 is 10.0 Å². The molecule has 0 radical (unpaired) electrons. The molecular weight excluding hydrogens is 392 g/mol. The Hall–Kier alpha value is -2.71. The third-order valence-electron chi connectivity index (χ3n) is 4.37. The highest BCUT2D eigenvalue weighted by Crippen LogP contribution is 2.22. The van der Waals surface area contributed by atoms with E-state index >= 15 is 0 Å². The molecule has 0 unspecified atom stereocenters. The average Bonchev–Trinajstić information content (AvgIpc) is 2.71. The lowest BCUT2D eigenvalue weighted by molar-refractivity contribution is -0.146. The molecule has 0 aliphatic rings. The van der Waals surface area contributed by atoms with Crippen LogP contribution in [0.4, 0.5) is 5.69 Å². The molecule has 0 saturated heterocycles. The van der Waals surface area contributed by atoms with Crippen molar-refractivity contribution in [2.24, 2.45) is 0 Å². The van der Waals surface area contributed by atoms with Gasteiger partial charge in [-0.05, 0) is 43.0 Å². The van der Waals surface area contributed by atoms with E-state index in [1.165, 1.54) is 12.1 Å². The quantitative estimate of drug-likeness (QED) is 0.610. The first-order valence-corrected chi connectivity index (χ1v) is 10.9. The van der Waals surface area contributed by atoms with E-state index in [-0.39, 0.29) is 4.90 Å². The topological polar surface area (TPSA) is 102 Å². The van der Waals surface area contributed by atoms with E-state index in [9.17, 15) is 18.0 Å². The smallest absolute Gasteiger partial charge is 0.321 e. The molecule has 0 saturated carbocycles. The first kappa shape index (κ1) is 22.6. The number of sulfonamides is 1. The van der Waals surface area contributed by atoms with Gasteiger partial charge in [0.1, 0.15) is 6.54 Å². The van der Waals surface area contributed by atoms with E-state index in [4.69, 9.17) is 4.74 Å². The third-order valence-corrected chi connectivity index (χ3v) is 5.78. The zero-order valence-corrected chi connectivity index (χ0v) is 17.6. The fourth-order valence-electron chi connectivity index (χ4n) is 2.73. The molecule has 156 valence electrons. The number of esters is 1. The number of para-hydroxylation sites is 1. The number of ether oxygens (including phenoxy) is 1. The number of hydrogen-bond donors (Lipinski definition) is 2. The lowest BCUT2D eigenvalue weighted by atomic mass is 10.0. The Kier molecular flexibility index (Phi) is 7.92. The highest BCUT2D eigenvalue weighted by Gasteiger charge is 2.17. The zero-order chi connectivity index (χ0) is 21.4. The van der Waals surface area contributed by atoms with Crippen molar-refractivity contribution in [3.8, 4) is 0 Å². The van der Waals surface area contributed by atoms with Gasteiger partial charge in [-0.25, -0.2) is 8.42 Å². The minimum absolute atomic E-state index is 0.0527. The Morgan fingerprint density at radius 3 is 2.10 bits per heavy atom. The van der Waals surface area contributed by atoms with Gasteiger partial charge in [0.05, 0.1) is 4.90 Å². The number of hydrogen-bond acceptors (Lipinski definition) is 5. The van der Waals surface area contributed by atoms with E-state index in [0.29, 0.717) is 0 Å². The summed E-state index contributed by atoms with van der Waals surface area (Å²) in [6.45, 7) is 4.77. The molecule has 0 atom stereocenters. The summed E-state index contributed by atoms with van der Waals surface area (Å²) in [4.78, 5) is 24.1. The van der Waals surface area contributed by atoms with Crippen LogP contribution in [0.2, 0.25) is 0 Å². The molecule has 2 aromatic carbocycles. The molecule has 7 nitrogen and oxygen atoms in total. The SMILES string of the molecule is CCc1cccc(CC)c1NC(=O)COC(=O)CNS(=O)(=O)c1ccc(C)cc1. The van der Waals surface area contributed by atoms with Gasteiger partial charge < -0.3 is 10.1 Å². The normalized spacial score (nSPS) is 11.1. The first-order chi connectivity index (χ1) is 13.8. The van der Waals surface area contributed by atoms with Crippen molar-refractivity contribution in [3.63, 3.8) is 0 Å². The van der Waals surface area contributed by atoms with Crippen molar-refractivity contribution in [2.75, 3.05) is 18.5 Å². The van der Waals surface area contributed by atoms with Gasteiger partial charge in [0.25, 0.3) is 5.91 Å². The Balaban J connectivity index is 1.88. The molecule has 2 aromatic rings. The lowest BCUT2D eigenvalue weighted by Gasteiger charge is -2.14. The van der Waals surface area contributed by atoms with Gasteiger partial charge in [0.15, 0.2) is 6.61 Å². The number of rotatable bonds is 9. The average molecular weight is 419 g/mol. The van der Waals surface area contributed by atoms with E-state index in [1.54, 1.807) is 12.1 Å². The number of carbonyl (C=O) groups is 2. The fraction of sp³-hybridized carbons (Fsp3) is 0.333. The second-order valence-electron chi connectivity index (χ2n) is 6.50. The van der Waals surface area contributed by atoms with Crippen LogP contribution in [0.25, 0.3) is 0 Å². The van der Waals surface area contributed by atoms with Crippen LogP contribution in [0, 0.1) is 6.92 Å². The first-order valence-electron chi connectivity index (χ1n) is 9.39. The van der Waals surface area contributed by atoms with Crippen LogP contribution in [0.1, 0.15) is 30.5 Å². The van der Waals surface area contributed by atoms with Crippen LogP contribution in [0.15, 0.2) is 47.4 Å². The molecule has 0 aliphatic heterocycles. The summed E-state index contributed by atoms with van der Waals surface area (Å²) in [6.07, 6.45) is 1.51. The maximum atomic E-state index is 12.2. The molecule has 1 amide bonds. The molecule has 8 heteroatoms. The van der Waals surface area contributed by atoms with E-state index in [2.05, 4.69) is 10.0 Å². The summed E-state index contributed by atoms with van der Waals surface area (Å²) < 4.78 is 31.4. The van der Waals surface area contributed by atoms with E-state index < -0.39 is 35.1 Å². The second-order valence-corrected chi connectivity index (χ2v) is 8.27. The van der Waals surface area contributed by atoms with Crippen LogP contribution in [0.3, 0.4) is 0 Å². The molecule has 0 aromatic heterocycles. The zero-order valence-electron chi connectivity index (χ0n) is 16.8. The van der Waals surface area contributed by atoms with Crippen LogP contribution in [-0.2, 0) is 37.2 Å². The molecule has 2 N–H and O–H groups in total. The van der Waals surface area contributed by atoms with Crippen LogP contribution in [0.5, 0.6) is 0 Å². The summed E-state index contributed by atoms with van der Waals surface area (Å²) in [5, 5.41) is 2.79. The number of aryl methyl sites for hydroxylation is 3. The molecule has 0 aliphatic carbocycles. The molecule has 0 bridgehead atoms. The predicted octanol–water partition coefficient (Wildman–Crippen LogP) is 2.58. The van der Waals surface area contributed by atoms with Crippen molar-refractivity contribution >= 4 is 27.6 Å². The number of anilines is 1. The molecule has 0 spiro atoms. The van der Waals surface area contributed by atoms with Crippen molar-refractivity contribution in [3.05, 3.63) is 59.2 Å². The Morgan fingerprint density at radius 1 is 0.966 bits per heavy atom. The number of amides is 1. The van der Waals surface area contributed by atoms with Gasteiger partial charge >= 0.3 is 5.97 Å². The molecular formula is C21H26N2O5S. The summed E-state index contributed by atoms with van der Waals surface area (Å²) in [7, 11) is -3.83. The number of nitrogens with one attached hydrogen (secondary N) is 2. The Bertz CT molecular complexity index is 947. The largest absolute Gasteiger partial charge is 0.455 e. The molecule has 2 rings (SSSR count).